The van der Waals surface area contributed by atoms with Crippen molar-refractivity contribution in [2.24, 2.45) is 4.99 Å². The Hall–Kier alpha value is -1.60. The third-order valence-electron chi connectivity index (χ3n) is 3.01. The minimum atomic E-state index is -0.883. The number of aliphatic imine (C=N–C) groups is 1. The average molecular weight is 308 g/mol. The van der Waals surface area contributed by atoms with Gasteiger partial charge in [-0.2, -0.15) is 0 Å². The zero-order chi connectivity index (χ0) is 14.3. The van der Waals surface area contributed by atoms with Gasteiger partial charge in [0.1, 0.15) is 15.8 Å². The molecule has 0 unspecified atom stereocenters. The van der Waals surface area contributed by atoms with Crippen LogP contribution in [0.2, 0.25) is 0 Å². The number of aliphatic carboxylic acids is 1. The maximum absolute atomic E-state index is 10.9. The van der Waals surface area contributed by atoms with Crippen molar-refractivity contribution in [1.29, 1.82) is 0 Å². The van der Waals surface area contributed by atoms with Crippen LogP contribution in [0.4, 0.5) is 0 Å². The molecule has 0 radical (unpaired) electrons. The van der Waals surface area contributed by atoms with Crippen LogP contribution in [0.25, 0.3) is 10.2 Å². The summed E-state index contributed by atoms with van der Waals surface area (Å²) in [5.74, 6) is 0.393. The summed E-state index contributed by atoms with van der Waals surface area (Å²) < 4.78 is 6.28. The van der Waals surface area contributed by atoms with Gasteiger partial charge in [-0.05, 0) is 24.6 Å². The lowest BCUT2D eigenvalue weighted by atomic mass is 10.2. The summed E-state index contributed by atoms with van der Waals surface area (Å²) in [5.41, 5.74) is 1.97. The van der Waals surface area contributed by atoms with Crippen molar-refractivity contribution in [1.82, 2.24) is 4.98 Å². The average Bonchev–Trinajstić information content (AvgIpc) is 3.04. The molecule has 0 spiro atoms. The van der Waals surface area contributed by atoms with Gasteiger partial charge >= 0.3 is 5.97 Å². The number of thioether (sulfide) groups is 1. The Bertz CT molecular complexity index is 724. The summed E-state index contributed by atoms with van der Waals surface area (Å²) in [7, 11) is 1.64. The lowest BCUT2D eigenvalue weighted by Gasteiger charge is -2.00. The molecule has 0 bridgehead atoms. The lowest BCUT2D eigenvalue weighted by molar-refractivity contribution is -0.137. The van der Waals surface area contributed by atoms with Crippen LogP contribution in [-0.2, 0) is 4.79 Å². The van der Waals surface area contributed by atoms with Gasteiger partial charge in [-0.3, -0.25) is 4.99 Å². The number of fused-ring (bicyclic) bond motifs is 1. The molecule has 7 heteroatoms. The van der Waals surface area contributed by atoms with Crippen LogP contribution in [0, 0.1) is 6.92 Å². The molecule has 3 rings (SSSR count). The van der Waals surface area contributed by atoms with Crippen LogP contribution in [0.1, 0.15) is 10.6 Å². The summed E-state index contributed by atoms with van der Waals surface area (Å²) in [6.07, 6.45) is 0. The van der Waals surface area contributed by atoms with E-state index in [1.165, 1.54) is 23.1 Å². The van der Waals surface area contributed by atoms with Crippen molar-refractivity contribution < 1.29 is 14.6 Å². The summed E-state index contributed by atoms with van der Waals surface area (Å²) in [6.45, 7) is 1.98. The van der Waals surface area contributed by atoms with E-state index in [1.807, 2.05) is 19.1 Å². The number of ether oxygens (including phenoxy) is 1. The maximum atomic E-state index is 10.9. The normalized spacial score (nSPS) is 18.3. The van der Waals surface area contributed by atoms with Crippen LogP contribution in [0.5, 0.6) is 5.75 Å². The number of aromatic nitrogens is 1. The number of rotatable bonds is 3. The first-order valence-corrected chi connectivity index (χ1v) is 7.77. The number of carbonyl (C=O) groups is 1. The standard InChI is InChI=1S/C13H12N2O3S2/c1-6-3-7(18-2)4-9-10(6)15-12(20-9)11-14-8(5-19-11)13(16)17/h3-4,8H,5H2,1-2H3,(H,16,17)/t8-/m1/s1. The number of nitrogens with zero attached hydrogens (tertiary/aromatic N) is 2. The Morgan fingerprint density at radius 1 is 1.50 bits per heavy atom. The Morgan fingerprint density at radius 3 is 2.95 bits per heavy atom. The molecule has 0 saturated heterocycles. The largest absolute Gasteiger partial charge is 0.497 e. The molecule has 0 amide bonds. The minimum absolute atomic E-state index is 0.475. The smallest absolute Gasteiger partial charge is 0.329 e. The lowest BCUT2D eigenvalue weighted by Crippen LogP contribution is -2.17. The molecule has 0 aliphatic carbocycles. The topological polar surface area (TPSA) is 71.8 Å². The van der Waals surface area contributed by atoms with Crippen LogP contribution < -0.4 is 4.74 Å². The van der Waals surface area contributed by atoms with Crippen molar-refractivity contribution in [2.75, 3.05) is 12.9 Å². The van der Waals surface area contributed by atoms with Gasteiger partial charge in [-0.25, -0.2) is 9.78 Å². The van der Waals surface area contributed by atoms with E-state index in [2.05, 4.69) is 9.98 Å². The molecule has 2 aromatic rings. The van der Waals surface area contributed by atoms with E-state index >= 15 is 0 Å². The van der Waals surface area contributed by atoms with Gasteiger partial charge in [0.2, 0.25) is 0 Å². The van der Waals surface area contributed by atoms with Crippen molar-refractivity contribution >= 4 is 44.3 Å². The molecule has 1 aromatic heterocycles. The van der Waals surface area contributed by atoms with E-state index in [1.54, 1.807) is 7.11 Å². The zero-order valence-corrected chi connectivity index (χ0v) is 12.5. The van der Waals surface area contributed by atoms with Crippen molar-refractivity contribution in [3.8, 4) is 5.75 Å². The zero-order valence-electron chi connectivity index (χ0n) is 10.9. The van der Waals surface area contributed by atoms with Crippen LogP contribution in [0.15, 0.2) is 17.1 Å². The molecule has 1 aromatic carbocycles. The first-order valence-electron chi connectivity index (χ1n) is 5.97. The first kappa shape index (κ1) is 13.4. The highest BCUT2D eigenvalue weighted by molar-refractivity contribution is 8.15. The fourth-order valence-electron chi connectivity index (χ4n) is 1.99. The van der Waals surface area contributed by atoms with E-state index in [0.29, 0.717) is 5.75 Å². The van der Waals surface area contributed by atoms with Gasteiger partial charge in [-0.1, -0.05) is 0 Å². The minimum Gasteiger partial charge on any atom is -0.497 e. The number of hydrogen-bond donors (Lipinski definition) is 1. The SMILES string of the molecule is COc1cc(C)c2nc(C3=N[C@@H](C(=O)O)CS3)sc2c1. The van der Waals surface area contributed by atoms with Gasteiger partial charge in [-0.15, -0.1) is 23.1 Å². The van der Waals surface area contributed by atoms with Gasteiger partial charge in [0.25, 0.3) is 0 Å². The molecule has 0 saturated carbocycles. The van der Waals surface area contributed by atoms with Crippen LogP contribution >= 0.6 is 23.1 Å². The van der Waals surface area contributed by atoms with Gasteiger partial charge in [0, 0.05) is 5.75 Å². The monoisotopic (exact) mass is 308 g/mol. The highest BCUT2D eigenvalue weighted by atomic mass is 32.2. The van der Waals surface area contributed by atoms with Gasteiger partial charge in [0.05, 0.1) is 17.3 Å². The number of methoxy groups -OCH3 is 1. The van der Waals surface area contributed by atoms with Gasteiger partial charge in [0.15, 0.2) is 6.04 Å². The number of hydrogen-bond acceptors (Lipinski definition) is 6. The summed E-state index contributed by atoms with van der Waals surface area (Å²) in [5, 5.41) is 10.5. The van der Waals surface area contributed by atoms with E-state index in [-0.39, 0.29) is 0 Å². The van der Waals surface area contributed by atoms with E-state index in [4.69, 9.17) is 9.84 Å². The van der Waals surface area contributed by atoms with E-state index in [9.17, 15) is 4.79 Å². The predicted molar refractivity (Wildman–Crippen MR) is 81.3 cm³/mol. The second-order valence-electron chi connectivity index (χ2n) is 4.41. The fourth-order valence-corrected chi connectivity index (χ4v) is 4.16. The Labute approximate surface area is 123 Å². The Balaban J connectivity index is 2.04. The quantitative estimate of drug-likeness (QED) is 0.943. The summed E-state index contributed by atoms with van der Waals surface area (Å²) in [6, 6.07) is 3.23. The molecular formula is C13H12N2O3S2. The second-order valence-corrected chi connectivity index (χ2v) is 6.45. The third-order valence-corrected chi connectivity index (χ3v) is 5.21. The Morgan fingerprint density at radius 2 is 2.30 bits per heavy atom. The third kappa shape index (κ3) is 2.27. The summed E-state index contributed by atoms with van der Waals surface area (Å²) in [4.78, 5) is 19.7. The van der Waals surface area contributed by atoms with Crippen molar-refractivity contribution in [2.45, 2.75) is 13.0 Å². The number of benzene rings is 1. The number of aryl methyl sites for hydroxylation is 1. The van der Waals surface area contributed by atoms with Gasteiger partial charge < -0.3 is 9.84 Å². The molecule has 1 aliphatic heterocycles. The predicted octanol–water partition coefficient (Wildman–Crippen LogP) is 2.56. The molecule has 1 aliphatic rings. The maximum Gasteiger partial charge on any atom is 0.329 e. The van der Waals surface area contributed by atoms with Crippen LogP contribution in [-0.4, -0.2) is 40.0 Å². The molecule has 20 heavy (non-hydrogen) atoms. The Kier molecular flexibility index (Phi) is 3.39. The van der Waals surface area contributed by atoms with Crippen molar-refractivity contribution in [3.05, 3.63) is 22.7 Å². The molecule has 5 nitrogen and oxygen atoms in total. The fraction of sp³-hybridized carbons (Fsp3) is 0.308. The number of carboxylic acid groups (broad SMARTS) is 1. The molecular weight excluding hydrogens is 296 g/mol. The molecule has 0 fully saturated rings. The highest BCUT2D eigenvalue weighted by Crippen LogP contribution is 2.33. The van der Waals surface area contributed by atoms with Crippen molar-refractivity contribution in [3.63, 3.8) is 0 Å². The number of carboxylic acids is 1. The van der Waals surface area contributed by atoms with Crippen LogP contribution in [0.3, 0.4) is 0 Å². The molecule has 1 atom stereocenters. The molecule has 1 N–H and O–H groups in total. The van der Waals surface area contributed by atoms with E-state index < -0.39 is 12.0 Å². The molecule has 104 valence electrons. The van der Waals surface area contributed by atoms with E-state index in [0.717, 1.165) is 31.6 Å². The first-order chi connectivity index (χ1) is 9.58. The second kappa shape index (κ2) is 5.06. The highest BCUT2D eigenvalue weighted by Gasteiger charge is 2.27. The number of thiazole rings is 1. The molecule has 2 heterocycles. The summed E-state index contributed by atoms with van der Waals surface area (Å²) >= 11 is 2.97.